The van der Waals surface area contributed by atoms with Crippen molar-refractivity contribution in [3.05, 3.63) is 215 Å². The fourth-order valence-electron chi connectivity index (χ4n) is 8.27. The van der Waals surface area contributed by atoms with Gasteiger partial charge in [-0.15, -0.1) is 0 Å². The molecule has 8 rings (SSSR count). The molecule has 2 fully saturated rings. The van der Waals surface area contributed by atoms with Gasteiger partial charge in [0, 0.05) is 6.92 Å². The topological polar surface area (TPSA) is 109 Å². The van der Waals surface area contributed by atoms with E-state index in [1.807, 2.05) is 182 Å². The molecule has 2 heterocycles. The standard InChI is InChI=1S/C56H59IO11/c1-40(58)59-38-48-50(61-33-42-22-10-3-11-23-42)52(63-35-44-26-14-5-15-27-44)54(65-37-46-30-18-7-19-31-46)56(68-48)66-39-47-49(60-32-41-20-8-2-9-21-41)51(62-34-43-24-12-4-13-25-43)53(55(57)67-47)64-36-45-28-16-6-17-29-45/h2-31,47-56H,32-39H2,1H3/t47-,48-,49-,50-,51+,52+,53-,54-,55+,56+/m1/s1. The van der Waals surface area contributed by atoms with E-state index in [1.54, 1.807) is 0 Å². The fourth-order valence-corrected chi connectivity index (χ4v) is 9.26. The Bertz CT molecular complexity index is 2330. The van der Waals surface area contributed by atoms with E-state index in [1.165, 1.54) is 6.92 Å². The van der Waals surface area contributed by atoms with Crippen molar-refractivity contribution in [3.8, 4) is 0 Å². The van der Waals surface area contributed by atoms with Gasteiger partial charge < -0.3 is 47.4 Å². The normalized spacial score (nSPS) is 24.9. The summed E-state index contributed by atoms with van der Waals surface area (Å²) in [6, 6.07) is 59.8. The van der Waals surface area contributed by atoms with Gasteiger partial charge in [0.25, 0.3) is 0 Å². The molecule has 2 aliphatic rings. The van der Waals surface area contributed by atoms with Crippen LogP contribution in [0.3, 0.4) is 0 Å². The molecule has 0 saturated carbocycles. The number of esters is 1. The summed E-state index contributed by atoms with van der Waals surface area (Å²) in [7, 11) is 0. The van der Waals surface area contributed by atoms with E-state index in [-0.39, 0.29) is 39.6 Å². The molecule has 0 bridgehead atoms. The summed E-state index contributed by atoms with van der Waals surface area (Å²) in [6.07, 6.45) is -6.62. The van der Waals surface area contributed by atoms with Gasteiger partial charge in [0.05, 0.1) is 46.2 Å². The van der Waals surface area contributed by atoms with Crippen LogP contribution in [0.1, 0.15) is 40.3 Å². The first kappa shape index (κ1) is 49.6. The second kappa shape index (κ2) is 26.2. The minimum Gasteiger partial charge on any atom is -0.463 e. The highest BCUT2D eigenvalue weighted by Gasteiger charge is 2.52. The molecular weight excluding hydrogens is 976 g/mol. The summed E-state index contributed by atoms with van der Waals surface area (Å²) in [5.41, 5.74) is 5.91. The van der Waals surface area contributed by atoms with Crippen LogP contribution < -0.4 is 0 Å². The van der Waals surface area contributed by atoms with Crippen LogP contribution in [0.4, 0.5) is 0 Å². The Hall–Kier alpha value is -4.84. The zero-order valence-corrected chi connectivity index (χ0v) is 40.3. The molecule has 0 aliphatic carbocycles. The minimum atomic E-state index is -1.04. The maximum atomic E-state index is 12.4. The predicted molar refractivity (Wildman–Crippen MR) is 264 cm³/mol. The first-order chi connectivity index (χ1) is 33.5. The maximum absolute atomic E-state index is 12.4. The van der Waals surface area contributed by atoms with Gasteiger partial charge in [-0.2, -0.15) is 0 Å². The molecule has 0 aromatic heterocycles. The molecule has 6 aromatic rings. The highest BCUT2D eigenvalue weighted by atomic mass is 127. The van der Waals surface area contributed by atoms with Crippen molar-refractivity contribution in [2.75, 3.05) is 13.2 Å². The summed E-state index contributed by atoms with van der Waals surface area (Å²) in [6.45, 7) is 2.95. The summed E-state index contributed by atoms with van der Waals surface area (Å²) < 4.78 is 66.8. The third-order valence-electron chi connectivity index (χ3n) is 11.8. The average Bonchev–Trinajstić information content (AvgIpc) is 3.38. The van der Waals surface area contributed by atoms with Crippen molar-refractivity contribution in [1.82, 2.24) is 0 Å². The second-order valence-corrected chi connectivity index (χ2v) is 18.0. The molecule has 11 nitrogen and oxygen atoms in total. The lowest BCUT2D eigenvalue weighted by atomic mass is 9.97. The number of hydrogen-bond acceptors (Lipinski definition) is 11. The van der Waals surface area contributed by atoms with E-state index in [0.717, 1.165) is 33.4 Å². The van der Waals surface area contributed by atoms with E-state index in [9.17, 15) is 4.79 Å². The molecule has 2 saturated heterocycles. The number of ether oxygens (including phenoxy) is 10. The molecule has 0 radical (unpaired) electrons. The number of carbonyl (C=O) groups is 1. The van der Waals surface area contributed by atoms with E-state index in [0.29, 0.717) is 13.2 Å². The van der Waals surface area contributed by atoms with Crippen LogP contribution in [0.15, 0.2) is 182 Å². The van der Waals surface area contributed by atoms with Gasteiger partial charge in [-0.3, -0.25) is 4.79 Å². The quantitative estimate of drug-likeness (QED) is 0.0348. The average molecular weight is 1030 g/mol. The Labute approximate surface area is 413 Å². The van der Waals surface area contributed by atoms with E-state index < -0.39 is 65.2 Å². The van der Waals surface area contributed by atoms with Gasteiger partial charge in [0.2, 0.25) is 0 Å². The molecule has 0 unspecified atom stereocenters. The number of hydrogen-bond donors (Lipinski definition) is 0. The van der Waals surface area contributed by atoms with Crippen LogP contribution in [0.2, 0.25) is 0 Å². The lowest BCUT2D eigenvalue weighted by molar-refractivity contribution is -0.335. The largest absolute Gasteiger partial charge is 0.463 e. The van der Waals surface area contributed by atoms with Crippen molar-refractivity contribution in [1.29, 1.82) is 0 Å². The molecule has 12 heteroatoms. The molecule has 10 atom stereocenters. The first-order valence-electron chi connectivity index (χ1n) is 23.1. The molecule has 0 amide bonds. The Morgan fingerprint density at radius 2 is 0.676 bits per heavy atom. The second-order valence-electron chi connectivity index (χ2n) is 16.8. The van der Waals surface area contributed by atoms with Gasteiger partial charge in [-0.1, -0.05) is 182 Å². The fraction of sp³-hybridized carbons (Fsp3) is 0.339. The molecule has 6 aromatic carbocycles. The van der Waals surface area contributed by atoms with Crippen LogP contribution in [-0.2, 0) is 91.8 Å². The SMILES string of the molecule is CC(=O)OC[C@H]1O[C@H](OC[C@H]2O[C@H](I)[C@H](OCc3ccccc3)[C@@H](OCc3ccccc3)[C@@H]2OCc2ccccc2)[C@H](OCc2ccccc2)[C@@H](OCc2ccccc2)[C@@H]1OCc1ccccc1. The van der Waals surface area contributed by atoms with Gasteiger partial charge in [0.1, 0.15) is 59.5 Å². The van der Waals surface area contributed by atoms with Gasteiger partial charge >= 0.3 is 5.97 Å². The first-order valence-corrected chi connectivity index (χ1v) is 24.3. The molecule has 68 heavy (non-hydrogen) atoms. The van der Waals surface area contributed by atoms with Crippen molar-refractivity contribution in [2.45, 2.75) is 106 Å². The number of benzene rings is 6. The lowest BCUT2D eigenvalue weighted by Gasteiger charge is -2.47. The molecule has 0 spiro atoms. The predicted octanol–water partition coefficient (Wildman–Crippen LogP) is 9.96. The van der Waals surface area contributed by atoms with Crippen LogP contribution in [0.5, 0.6) is 0 Å². The van der Waals surface area contributed by atoms with E-state index >= 15 is 0 Å². The zero-order valence-electron chi connectivity index (χ0n) is 38.1. The zero-order chi connectivity index (χ0) is 46.8. The van der Waals surface area contributed by atoms with Crippen molar-refractivity contribution < 1.29 is 52.2 Å². The Balaban J connectivity index is 1.11. The van der Waals surface area contributed by atoms with Crippen molar-refractivity contribution in [3.63, 3.8) is 0 Å². The lowest BCUT2D eigenvalue weighted by Crippen LogP contribution is -2.63. The summed E-state index contributed by atoms with van der Waals surface area (Å²) in [5.74, 6) is -0.454. The van der Waals surface area contributed by atoms with Crippen LogP contribution in [0.25, 0.3) is 0 Å². The minimum absolute atomic E-state index is 0.00660. The Kier molecular flexibility index (Phi) is 19.1. The molecule has 0 N–H and O–H groups in total. The van der Waals surface area contributed by atoms with E-state index in [2.05, 4.69) is 22.6 Å². The maximum Gasteiger partial charge on any atom is 0.302 e. The van der Waals surface area contributed by atoms with Crippen LogP contribution in [0, 0.1) is 0 Å². The van der Waals surface area contributed by atoms with Gasteiger partial charge in [0.15, 0.2) is 6.29 Å². The third-order valence-corrected chi connectivity index (χ3v) is 12.8. The van der Waals surface area contributed by atoms with Crippen LogP contribution >= 0.6 is 22.6 Å². The summed E-state index contributed by atoms with van der Waals surface area (Å²) in [4.78, 5) is 12.4. The molecular formula is C56H59IO11. The summed E-state index contributed by atoms with van der Waals surface area (Å²) >= 11 is 2.29. The van der Waals surface area contributed by atoms with Crippen molar-refractivity contribution >= 4 is 28.6 Å². The number of halogens is 1. The number of alkyl halides is 1. The molecule has 2 aliphatic heterocycles. The van der Waals surface area contributed by atoms with E-state index in [4.69, 9.17) is 47.4 Å². The highest BCUT2D eigenvalue weighted by Crippen LogP contribution is 2.36. The third kappa shape index (κ3) is 14.6. The molecule has 356 valence electrons. The van der Waals surface area contributed by atoms with Gasteiger partial charge in [-0.25, -0.2) is 0 Å². The monoisotopic (exact) mass is 1030 g/mol. The van der Waals surface area contributed by atoms with Gasteiger partial charge in [-0.05, 0) is 56.0 Å². The Morgan fingerprint density at radius 3 is 1.03 bits per heavy atom. The smallest absolute Gasteiger partial charge is 0.302 e. The Morgan fingerprint density at radius 1 is 0.382 bits per heavy atom. The number of carbonyl (C=O) groups excluding carboxylic acids is 1. The van der Waals surface area contributed by atoms with Crippen LogP contribution in [-0.4, -0.2) is 78.4 Å². The highest BCUT2D eigenvalue weighted by molar-refractivity contribution is 14.1. The number of rotatable bonds is 23. The summed E-state index contributed by atoms with van der Waals surface area (Å²) in [5, 5.41) is 0. The van der Waals surface area contributed by atoms with Crippen molar-refractivity contribution in [2.24, 2.45) is 0 Å².